The lowest BCUT2D eigenvalue weighted by molar-refractivity contribution is 0.109. The Kier molecular flexibility index (Phi) is 6.57. The average molecular weight is 461 g/mol. The maximum absolute atomic E-state index is 12.3. The summed E-state index contributed by atoms with van der Waals surface area (Å²) in [6.07, 6.45) is 0. The van der Waals surface area contributed by atoms with E-state index in [1.165, 1.54) is 5.56 Å². The highest BCUT2D eigenvalue weighted by atomic mass is 79.9. The van der Waals surface area contributed by atoms with Crippen LogP contribution in [0.2, 0.25) is 0 Å². The molecule has 2 aromatic carbocycles. The van der Waals surface area contributed by atoms with Gasteiger partial charge in [0, 0.05) is 10.0 Å². The van der Waals surface area contributed by atoms with Crippen LogP contribution < -0.4 is 4.74 Å². The Morgan fingerprint density at radius 3 is 2.36 bits per heavy atom. The Hall–Kier alpha value is -2.12. The summed E-state index contributed by atoms with van der Waals surface area (Å²) in [6, 6.07) is 15.2. The molecular weight excluding hydrogens is 440 g/mol. The number of hydrogen-bond donors (Lipinski definition) is 0. The summed E-state index contributed by atoms with van der Waals surface area (Å²) < 4.78 is 12.2. The lowest BCUT2D eigenvalue weighted by Crippen LogP contribution is -2.22. The molecule has 28 heavy (non-hydrogen) atoms. The zero-order valence-electron chi connectivity index (χ0n) is 15.9. The van der Waals surface area contributed by atoms with Crippen LogP contribution in [0, 0.1) is 0 Å². The van der Waals surface area contributed by atoms with E-state index < -0.39 is 0 Å². The number of halogens is 1. The third kappa shape index (κ3) is 5.69. The van der Waals surface area contributed by atoms with E-state index in [1.54, 1.807) is 12.1 Å². The van der Waals surface area contributed by atoms with E-state index in [4.69, 9.17) is 9.47 Å². The normalized spacial score (nSPS) is 14.0. The van der Waals surface area contributed by atoms with E-state index in [0.29, 0.717) is 16.5 Å². The third-order valence-corrected chi connectivity index (χ3v) is 5.39. The Bertz CT molecular complexity index is 901. The topological polar surface area (TPSA) is 60.2 Å². The minimum absolute atomic E-state index is 0.0938. The van der Waals surface area contributed by atoms with Gasteiger partial charge in [0.15, 0.2) is 6.61 Å². The Balaban J connectivity index is 1.53. The summed E-state index contributed by atoms with van der Waals surface area (Å²) >= 11 is 4.37. The molecule has 0 bridgehead atoms. The second-order valence-electron chi connectivity index (χ2n) is 7.24. The maximum Gasteiger partial charge on any atom is 0.247 e. The number of nitrogens with zero attached hydrogens (tertiary/aromatic N) is 2. The fourth-order valence-electron chi connectivity index (χ4n) is 2.38. The van der Waals surface area contributed by atoms with Crippen LogP contribution in [0.4, 0.5) is 0 Å². The van der Waals surface area contributed by atoms with Crippen LogP contribution in [0.25, 0.3) is 0 Å². The van der Waals surface area contributed by atoms with Crippen LogP contribution >= 0.6 is 27.7 Å². The molecule has 0 fully saturated rings. The van der Waals surface area contributed by atoms with E-state index in [-0.39, 0.29) is 23.7 Å². The first-order valence-electron chi connectivity index (χ1n) is 8.78. The molecule has 0 saturated heterocycles. The van der Waals surface area contributed by atoms with E-state index in [9.17, 15) is 4.79 Å². The molecule has 0 radical (unpaired) electrons. The number of ether oxygens (including phenoxy) is 2. The fraction of sp³-hybridized carbons (Fsp3) is 0.286. The molecule has 1 heterocycles. The van der Waals surface area contributed by atoms with Gasteiger partial charge in [-0.3, -0.25) is 4.79 Å². The van der Waals surface area contributed by atoms with Crippen LogP contribution in [-0.2, 0) is 10.2 Å². The molecule has 0 atom stereocenters. The van der Waals surface area contributed by atoms with Crippen LogP contribution in [0.15, 0.2) is 63.2 Å². The average Bonchev–Trinajstić information content (AvgIpc) is 2.67. The number of benzene rings is 2. The number of thioether (sulfide) groups is 1. The van der Waals surface area contributed by atoms with Crippen LogP contribution in [-0.4, -0.2) is 29.3 Å². The van der Waals surface area contributed by atoms with Gasteiger partial charge in [-0.25, -0.2) is 0 Å². The Labute approximate surface area is 177 Å². The Morgan fingerprint density at radius 1 is 1.11 bits per heavy atom. The zero-order valence-corrected chi connectivity index (χ0v) is 18.3. The molecule has 0 unspecified atom stereocenters. The number of carbonyl (C=O) groups excluding carboxylic acids is 1. The van der Waals surface area contributed by atoms with Crippen molar-refractivity contribution in [3.8, 4) is 5.75 Å². The van der Waals surface area contributed by atoms with Crippen molar-refractivity contribution >= 4 is 43.7 Å². The summed E-state index contributed by atoms with van der Waals surface area (Å²) in [5, 5.41) is 8.53. The van der Waals surface area contributed by atoms with Gasteiger partial charge in [0.1, 0.15) is 17.4 Å². The molecule has 0 saturated carbocycles. The predicted octanol–water partition coefficient (Wildman–Crippen LogP) is 5.44. The standard InChI is InChI=1S/C21H21BrN2O3S/c1-21(2,3)15-6-10-17(11-7-15)26-12-18-23-24-19(13-27-18)28-20(25)14-4-8-16(22)9-5-14/h4-11H,12-13H2,1-3H3. The van der Waals surface area contributed by atoms with Crippen molar-refractivity contribution in [3.05, 3.63) is 64.1 Å². The van der Waals surface area contributed by atoms with Gasteiger partial charge in [0.25, 0.3) is 0 Å². The van der Waals surface area contributed by atoms with Gasteiger partial charge in [-0.1, -0.05) is 48.8 Å². The van der Waals surface area contributed by atoms with Gasteiger partial charge in [-0.05, 0) is 59.1 Å². The van der Waals surface area contributed by atoms with E-state index in [1.807, 2.05) is 24.3 Å². The first-order chi connectivity index (χ1) is 13.3. The first kappa shape index (κ1) is 20.6. The monoisotopic (exact) mass is 460 g/mol. The number of hydrogen-bond acceptors (Lipinski definition) is 6. The number of carbonyl (C=O) groups is 1. The molecule has 3 rings (SSSR count). The quantitative estimate of drug-likeness (QED) is 0.608. The van der Waals surface area contributed by atoms with Crippen molar-refractivity contribution in [2.75, 3.05) is 13.2 Å². The fourth-order valence-corrected chi connectivity index (χ4v) is 3.31. The molecule has 2 aromatic rings. The lowest BCUT2D eigenvalue weighted by Gasteiger charge is -2.19. The van der Waals surface area contributed by atoms with Crippen molar-refractivity contribution in [1.29, 1.82) is 0 Å². The van der Waals surface area contributed by atoms with E-state index in [2.05, 4.69) is 59.0 Å². The highest BCUT2D eigenvalue weighted by Gasteiger charge is 2.17. The maximum atomic E-state index is 12.3. The largest absolute Gasteiger partial charge is 0.484 e. The van der Waals surface area contributed by atoms with Gasteiger partial charge < -0.3 is 9.47 Å². The first-order valence-corrected chi connectivity index (χ1v) is 10.4. The van der Waals surface area contributed by atoms with E-state index >= 15 is 0 Å². The SMILES string of the molecule is CC(C)(C)c1ccc(OCC2=NN=C(SC(=O)c3ccc(Br)cc3)CO2)cc1. The molecule has 5 nitrogen and oxygen atoms in total. The summed E-state index contributed by atoms with van der Waals surface area (Å²) in [5.74, 6) is 1.13. The molecule has 7 heteroatoms. The van der Waals surface area contributed by atoms with Crippen LogP contribution in [0.5, 0.6) is 5.75 Å². The summed E-state index contributed by atoms with van der Waals surface area (Å²) in [4.78, 5) is 12.3. The smallest absolute Gasteiger partial charge is 0.247 e. The molecule has 0 aliphatic carbocycles. The zero-order chi connectivity index (χ0) is 20.1. The van der Waals surface area contributed by atoms with Crippen molar-refractivity contribution in [2.45, 2.75) is 26.2 Å². The predicted molar refractivity (Wildman–Crippen MR) is 118 cm³/mol. The Morgan fingerprint density at radius 2 is 1.79 bits per heavy atom. The lowest BCUT2D eigenvalue weighted by atomic mass is 9.87. The van der Waals surface area contributed by atoms with Crippen molar-refractivity contribution < 1.29 is 14.3 Å². The summed E-state index contributed by atoms with van der Waals surface area (Å²) in [6.45, 7) is 6.91. The second kappa shape index (κ2) is 8.92. The third-order valence-electron chi connectivity index (χ3n) is 4.01. The van der Waals surface area contributed by atoms with E-state index in [0.717, 1.165) is 22.0 Å². The van der Waals surface area contributed by atoms with Gasteiger partial charge in [-0.2, -0.15) is 0 Å². The van der Waals surface area contributed by atoms with Gasteiger partial charge in [-0.15, -0.1) is 10.2 Å². The van der Waals surface area contributed by atoms with Crippen LogP contribution in [0.1, 0.15) is 36.7 Å². The minimum atomic E-state index is -0.0938. The molecule has 0 aromatic heterocycles. The highest BCUT2D eigenvalue weighted by molar-refractivity contribution is 9.10. The molecule has 0 amide bonds. The van der Waals surface area contributed by atoms with Crippen molar-refractivity contribution in [2.24, 2.45) is 10.2 Å². The molecule has 1 aliphatic rings. The van der Waals surface area contributed by atoms with Crippen LogP contribution in [0.3, 0.4) is 0 Å². The van der Waals surface area contributed by atoms with Gasteiger partial charge in [0.05, 0.1) is 0 Å². The molecule has 146 valence electrons. The number of rotatable bonds is 4. The minimum Gasteiger partial charge on any atom is -0.484 e. The molecule has 0 spiro atoms. The van der Waals surface area contributed by atoms with Gasteiger partial charge >= 0.3 is 0 Å². The van der Waals surface area contributed by atoms with Gasteiger partial charge in [0.2, 0.25) is 11.0 Å². The van der Waals surface area contributed by atoms with Crippen molar-refractivity contribution in [3.63, 3.8) is 0 Å². The summed E-state index contributed by atoms with van der Waals surface area (Å²) in [7, 11) is 0. The second-order valence-corrected chi connectivity index (χ2v) is 9.20. The highest BCUT2D eigenvalue weighted by Crippen LogP contribution is 2.24. The summed E-state index contributed by atoms with van der Waals surface area (Å²) in [5.41, 5.74) is 1.95. The van der Waals surface area contributed by atoms with Crippen molar-refractivity contribution in [1.82, 2.24) is 0 Å². The molecule has 1 aliphatic heterocycles. The molecular formula is C21H21BrN2O3S. The molecule has 0 N–H and O–H groups in total.